The van der Waals surface area contributed by atoms with E-state index in [1.54, 1.807) is 0 Å². The van der Waals surface area contributed by atoms with Crippen LogP contribution in [0.3, 0.4) is 0 Å². The highest BCUT2D eigenvalue weighted by molar-refractivity contribution is 5.95. The maximum absolute atomic E-state index is 11.4. The van der Waals surface area contributed by atoms with Gasteiger partial charge in [-0.15, -0.1) is 0 Å². The summed E-state index contributed by atoms with van der Waals surface area (Å²) in [6.07, 6.45) is 0.836. The first-order valence-corrected chi connectivity index (χ1v) is 4.46. The summed E-state index contributed by atoms with van der Waals surface area (Å²) in [6, 6.07) is 0. The van der Waals surface area contributed by atoms with E-state index in [0.29, 0.717) is 24.3 Å². The van der Waals surface area contributed by atoms with Crippen molar-refractivity contribution in [3.8, 4) is 0 Å². The molecule has 0 bridgehead atoms. The molecule has 70 valence electrons. The Morgan fingerprint density at radius 2 is 2.14 bits per heavy atom. The van der Waals surface area contributed by atoms with E-state index in [9.17, 15) is 4.79 Å². The van der Waals surface area contributed by atoms with Gasteiger partial charge < -0.3 is 0 Å². The van der Waals surface area contributed by atoms with Gasteiger partial charge in [-0.05, 0) is 6.92 Å². The smallest absolute Gasteiger partial charge is 0.184 e. The van der Waals surface area contributed by atoms with Gasteiger partial charge in [0.2, 0.25) is 0 Å². The van der Waals surface area contributed by atoms with Crippen LogP contribution in [-0.4, -0.2) is 25.9 Å². The predicted molar refractivity (Wildman–Crippen MR) is 48.8 cm³/mol. The van der Waals surface area contributed by atoms with Crippen LogP contribution < -0.4 is 0 Å². The van der Waals surface area contributed by atoms with Crippen LogP contribution >= 0.6 is 0 Å². The van der Waals surface area contributed by atoms with Gasteiger partial charge in [-0.1, -0.05) is 0 Å². The second-order valence-electron chi connectivity index (χ2n) is 3.51. The predicted octanol–water partition coefficient (Wildman–Crippen LogP) is 0.329. The molecule has 1 N–H and O–H groups in total. The monoisotopic (exact) mass is 188 g/mol. The quantitative estimate of drug-likeness (QED) is 0.646. The van der Waals surface area contributed by atoms with Gasteiger partial charge in [-0.25, -0.2) is 9.97 Å². The van der Waals surface area contributed by atoms with Gasteiger partial charge in [0.15, 0.2) is 5.65 Å². The van der Waals surface area contributed by atoms with Gasteiger partial charge in [-0.2, -0.15) is 5.10 Å². The molecule has 5 nitrogen and oxygen atoms in total. The van der Waals surface area contributed by atoms with Crippen molar-refractivity contribution in [2.45, 2.75) is 19.8 Å². The fraction of sp³-hybridized carbons (Fsp3) is 0.333. The van der Waals surface area contributed by atoms with E-state index >= 15 is 0 Å². The summed E-state index contributed by atoms with van der Waals surface area (Å²) in [4.78, 5) is 19.8. The number of nitrogens with zero attached hydrogens (tertiary/aromatic N) is 3. The molecule has 0 aromatic carbocycles. The normalized spacial score (nSPS) is 15.1. The highest BCUT2D eigenvalue weighted by Crippen LogP contribution is 2.23. The minimum Gasteiger partial charge on any atom is -0.299 e. The fourth-order valence-electron chi connectivity index (χ4n) is 1.88. The van der Waals surface area contributed by atoms with Crippen LogP contribution in [0.2, 0.25) is 0 Å². The Labute approximate surface area is 79.6 Å². The zero-order valence-electron chi connectivity index (χ0n) is 7.66. The van der Waals surface area contributed by atoms with E-state index in [2.05, 4.69) is 20.2 Å². The Morgan fingerprint density at radius 1 is 1.29 bits per heavy atom. The Balaban J connectivity index is 2.43. The third-order valence-corrected chi connectivity index (χ3v) is 2.41. The van der Waals surface area contributed by atoms with Gasteiger partial charge in [-0.3, -0.25) is 9.89 Å². The first kappa shape index (κ1) is 7.61. The molecule has 0 atom stereocenters. The van der Waals surface area contributed by atoms with E-state index in [1.807, 2.05) is 6.92 Å². The van der Waals surface area contributed by atoms with E-state index in [0.717, 1.165) is 16.8 Å². The Bertz CT molecular complexity index is 543. The number of nitrogens with one attached hydrogen (secondary N) is 1. The molecule has 14 heavy (non-hydrogen) atoms. The fourth-order valence-corrected chi connectivity index (χ4v) is 1.88. The molecule has 0 fully saturated rings. The van der Waals surface area contributed by atoms with E-state index in [1.165, 1.54) is 0 Å². The third kappa shape index (κ3) is 0.891. The minimum atomic E-state index is 0.182. The lowest BCUT2D eigenvalue weighted by Gasteiger charge is -2.08. The zero-order chi connectivity index (χ0) is 9.71. The van der Waals surface area contributed by atoms with E-state index in [4.69, 9.17) is 0 Å². The van der Waals surface area contributed by atoms with Crippen LogP contribution in [0.4, 0.5) is 0 Å². The number of aryl methyl sites for hydroxylation is 1. The molecule has 0 spiro atoms. The molecule has 0 unspecified atom stereocenters. The van der Waals surface area contributed by atoms with Crippen LogP contribution in [0.25, 0.3) is 11.0 Å². The zero-order valence-corrected chi connectivity index (χ0v) is 7.66. The Morgan fingerprint density at radius 3 is 3.00 bits per heavy atom. The molecular weight excluding hydrogens is 180 g/mol. The lowest BCUT2D eigenvalue weighted by Crippen LogP contribution is -2.14. The number of aromatic amines is 1. The lowest BCUT2D eigenvalue weighted by atomic mass is 9.99. The summed E-state index contributed by atoms with van der Waals surface area (Å²) < 4.78 is 0. The molecule has 0 saturated carbocycles. The van der Waals surface area contributed by atoms with E-state index < -0.39 is 0 Å². The topological polar surface area (TPSA) is 71.5 Å². The minimum absolute atomic E-state index is 0.182. The second kappa shape index (κ2) is 2.37. The molecule has 1 aliphatic rings. The van der Waals surface area contributed by atoms with Crippen LogP contribution in [0.5, 0.6) is 0 Å². The van der Waals surface area contributed by atoms with E-state index in [-0.39, 0.29) is 5.78 Å². The van der Waals surface area contributed by atoms with Crippen molar-refractivity contribution in [1.29, 1.82) is 0 Å². The summed E-state index contributed by atoms with van der Waals surface area (Å²) in [5, 5.41) is 7.84. The average Bonchev–Trinajstić information content (AvgIpc) is 2.48. The van der Waals surface area contributed by atoms with Crippen molar-refractivity contribution in [2.75, 3.05) is 0 Å². The standard InChI is InChI=1S/C9H8N4O/c1-4-10-6-2-5(14)3-7-8(6)9(11-4)13-12-7/h2-3H2,1H3,(H,10,11,12,13). The molecular formula is C9H8N4O. The molecule has 5 heteroatoms. The van der Waals surface area contributed by atoms with Crippen molar-refractivity contribution >= 4 is 16.8 Å². The maximum Gasteiger partial charge on any atom is 0.184 e. The van der Waals surface area contributed by atoms with Crippen molar-refractivity contribution < 1.29 is 4.79 Å². The number of carbonyl (C=O) groups excluding carboxylic acids is 1. The number of H-pyrrole nitrogens is 1. The summed E-state index contributed by atoms with van der Waals surface area (Å²) >= 11 is 0. The van der Waals surface area contributed by atoms with Gasteiger partial charge >= 0.3 is 0 Å². The highest BCUT2D eigenvalue weighted by Gasteiger charge is 2.22. The van der Waals surface area contributed by atoms with Gasteiger partial charge in [0, 0.05) is 12.8 Å². The largest absolute Gasteiger partial charge is 0.299 e. The Kier molecular flexibility index (Phi) is 1.29. The summed E-state index contributed by atoms with van der Waals surface area (Å²) in [6.45, 7) is 1.81. The van der Waals surface area contributed by atoms with Gasteiger partial charge in [0.05, 0.1) is 16.8 Å². The molecule has 2 heterocycles. The molecule has 3 rings (SSSR count). The summed E-state index contributed by atoms with van der Waals surface area (Å²) in [5.41, 5.74) is 2.34. The lowest BCUT2D eigenvalue weighted by molar-refractivity contribution is -0.118. The number of ketones is 1. The van der Waals surface area contributed by atoms with Crippen LogP contribution in [0.15, 0.2) is 0 Å². The van der Waals surface area contributed by atoms with Crippen LogP contribution in [-0.2, 0) is 17.6 Å². The van der Waals surface area contributed by atoms with Crippen LogP contribution in [0, 0.1) is 6.92 Å². The number of Topliss-reactive ketones (excluding diaryl/α,β-unsaturated/α-hetero) is 1. The molecule has 2 aromatic rings. The van der Waals surface area contributed by atoms with Crippen molar-refractivity contribution in [2.24, 2.45) is 0 Å². The first-order chi connectivity index (χ1) is 6.74. The number of carbonyl (C=O) groups is 1. The summed E-state index contributed by atoms with van der Waals surface area (Å²) in [7, 11) is 0. The number of aromatic nitrogens is 4. The molecule has 0 radical (unpaired) electrons. The van der Waals surface area contributed by atoms with Crippen molar-refractivity contribution in [3.63, 3.8) is 0 Å². The second-order valence-corrected chi connectivity index (χ2v) is 3.51. The maximum atomic E-state index is 11.4. The van der Waals surface area contributed by atoms with Crippen molar-refractivity contribution in [1.82, 2.24) is 20.2 Å². The highest BCUT2D eigenvalue weighted by atomic mass is 16.1. The van der Waals surface area contributed by atoms with Gasteiger partial charge in [0.1, 0.15) is 11.6 Å². The van der Waals surface area contributed by atoms with Crippen molar-refractivity contribution in [3.05, 3.63) is 17.2 Å². The third-order valence-electron chi connectivity index (χ3n) is 2.41. The number of hydrogen-bond acceptors (Lipinski definition) is 4. The molecule has 2 aromatic heterocycles. The molecule has 0 saturated heterocycles. The van der Waals surface area contributed by atoms with Crippen LogP contribution in [0.1, 0.15) is 17.2 Å². The number of rotatable bonds is 0. The number of hydrogen-bond donors (Lipinski definition) is 1. The molecule has 0 amide bonds. The molecule has 0 aliphatic heterocycles. The summed E-state index contributed by atoms with van der Waals surface area (Å²) in [5.74, 6) is 0.849. The van der Waals surface area contributed by atoms with Gasteiger partial charge in [0.25, 0.3) is 0 Å². The molecule has 1 aliphatic carbocycles. The SMILES string of the molecule is Cc1nc2c3c([nH]nc3n1)CC(=O)C2. The average molecular weight is 188 g/mol. The first-order valence-electron chi connectivity index (χ1n) is 4.46. The Hall–Kier alpha value is -1.78.